The molecular formula is C23H34N4O4. The maximum atomic E-state index is 12.7. The summed E-state index contributed by atoms with van der Waals surface area (Å²) >= 11 is 0. The third-order valence-electron chi connectivity index (χ3n) is 5.82. The van der Waals surface area contributed by atoms with Crippen LogP contribution in [0.15, 0.2) is 24.3 Å². The Labute approximate surface area is 184 Å². The number of hydrogen-bond donors (Lipinski definition) is 3. The lowest BCUT2D eigenvalue weighted by atomic mass is 9.79. The van der Waals surface area contributed by atoms with Crippen LogP contribution < -0.4 is 20.7 Å². The first-order valence-corrected chi connectivity index (χ1v) is 10.8. The van der Waals surface area contributed by atoms with Crippen molar-refractivity contribution in [3.05, 3.63) is 29.8 Å². The summed E-state index contributed by atoms with van der Waals surface area (Å²) in [6.07, 6.45) is 2.17. The van der Waals surface area contributed by atoms with Crippen LogP contribution >= 0.6 is 0 Å². The third-order valence-corrected chi connectivity index (χ3v) is 5.82. The Hall–Kier alpha value is -2.61. The van der Waals surface area contributed by atoms with Gasteiger partial charge < -0.3 is 20.7 Å². The molecule has 8 heteroatoms. The molecule has 31 heavy (non-hydrogen) atoms. The molecule has 1 aromatic rings. The molecule has 0 aromatic heterocycles. The van der Waals surface area contributed by atoms with Crippen molar-refractivity contribution in [1.29, 1.82) is 0 Å². The normalized spacial score (nSPS) is 22.9. The van der Waals surface area contributed by atoms with Gasteiger partial charge in [-0.1, -0.05) is 12.1 Å². The van der Waals surface area contributed by atoms with Crippen LogP contribution in [0.5, 0.6) is 5.75 Å². The van der Waals surface area contributed by atoms with Gasteiger partial charge in [0, 0.05) is 23.5 Å². The number of carbonyl (C=O) groups is 3. The number of ether oxygens (including phenoxy) is 1. The number of imide groups is 1. The highest BCUT2D eigenvalue weighted by atomic mass is 16.5. The van der Waals surface area contributed by atoms with Crippen molar-refractivity contribution in [2.75, 3.05) is 7.11 Å². The summed E-state index contributed by atoms with van der Waals surface area (Å²) in [5.41, 5.74) is 0.715. The van der Waals surface area contributed by atoms with Crippen LogP contribution in [0.25, 0.3) is 0 Å². The number of piperidine rings is 1. The number of methoxy groups -OCH3 is 1. The van der Waals surface area contributed by atoms with Crippen molar-refractivity contribution in [2.45, 2.75) is 83.1 Å². The van der Waals surface area contributed by atoms with E-state index in [9.17, 15) is 14.4 Å². The van der Waals surface area contributed by atoms with Gasteiger partial charge >= 0.3 is 6.03 Å². The van der Waals surface area contributed by atoms with Crippen molar-refractivity contribution in [3.8, 4) is 5.75 Å². The zero-order valence-corrected chi connectivity index (χ0v) is 19.1. The molecule has 2 heterocycles. The van der Waals surface area contributed by atoms with Crippen LogP contribution in [0, 0.1) is 0 Å². The number of benzene rings is 1. The van der Waals surface area contributed by atoms with E-state index in [0.29, 0.717) is 5.75 Å². The first-order chi connectivity index (χ1) is 14.5. The van der Waals surface area contributed by atoms with Crippen molar-refractivity contribution in [1.82, 2.24) is 20.9 Å². The smallest absolute Gasteiger partial charge is 0.325 e. The average molecular weight is 431 g/mol. The summed E-state index contributed by atoms with van der Waals surface area (Å²) in [5, 5.41) is 9.42. The van der Waals surface area contributed by atoms with E-state index >= 15 is 0 Å². The number of hydrogen-bond acceptors (Lipinski definition) is 5. The van der Waals surface area contributed by atoms with Gasteiger partial charge in [-0.25, -0.2) is 4.79 Å². The Balaban J connectivity index is 1.50. The lowest BCUT2D eigenvalue weighted by molar-refractivity contribution is -0.128. The van der Waals surface area contributed by atoms with Gasteiger partial charge in [0.25, 0.3) is 5.91 Å². The zero-order chi connectivity index (χ0) is 22.8. The summed E-state index contributed by atoms with van der Waals surface area (Å²) in [5.74, 6) is 0.331. The number of amides is 4. The number of carbonyl (C=O) groups excluding carboxylic acids is 3. The Bertz CT molecular complexity index is 818. The monoisotopic (exact) mass is 430 g/mol. The molecule has 1 atom stereocenters. The fourth-order valence-electron chi connectivity index (χ4n) is 4.84. The van der Waals surface area contributed by atoms with Gasteiger partial charge in [0.15, 0.2) is 0 Å². The summed E-state index contributed by atoms with van der Waals surface area (Å²) in [6, 6.07) is 6.21. The molecule has 0 aliphatic carbocycles. The lowest BCUT2D eigenvalue weighted by Gasteiger charge is -2.46. The van der Waals surface area contributed by atoms with E-state index in [2.05, 4.69) is 43.6 Å². The van der Waals surface area contributed by atoms with E-state index in [4.69, 9.17) is 4.74 Å². The second-order valence-corrected chi connectivity index (χ2v) is 9.88. The highest BCUT2D eigenvalue weighted by Crippen LogP contribution is 2.28. The Morgan fingerprint density at radius 3 is 2.32 bits per heavy atom. The highest BCUT2D eigenvalue weighted by Gasteiger charge is 2.39. The topological polar surface area (TPSA) is 99.8 Å². The number of nitrogens with zero attached hydrogens (tertiary/aromatic N) is 1. The molecule has 2 fully saturated rings. The standard InChI is InChI=1S/C23H34N4O4/c1-22(2)12-16(13-23(3,4)26-22)24-19(28)11-10-18-20(29)27(21(30)25-18)14-15-6-8-17(31-5)9-7-15/h6-9,16,18,26H,10-14H2,1-5H3,(H,24,28)(H,25,30)/t18-/m1/s1. The predicted molar refractivity (Wildman–Crippen MR) is 118 cm³/mol. The Morgan fingerprint density at radius 1 is 1.13 bits per heavy atom. The first-order valence-electron chi connectivity index (χ1n) is 10.8. The van der Waals surface area contributed by atoms with E-state index in [0.717, 1.165) is 18.4 Å². The molecule has 4 amide bonds. The molecule has 2 saturated heterocycles. The van der Waals surface area contributed by atoms with Gasteiger partial charge in [-0.2, -0.15) is 0 Å². The Kier molecular flexibility index (Phi) is 6.59. The van der Waals surface area contributed by atoms with Crippen molar-refractivity contribution >= 4 is 17.8 Å². The SMILES string of the molecule is COc1ccc(CN2C(=O)N[C@H](CCC(=O)NC3CC(C)(C)NC(C)(C)C3)C2=O)cc1. The second kappa shape index (κ2) is 8.86. The van der Waals surface area contributed by atoms with E-state index < -0.39 is 12.1 Å². The molecule has 3 N–H and O–H groups in total. The molecule has 0 saturated carbocycles. The molecule has 1 aromatic carbocycles. The molecule has 2 aliphatic heterocycles. The highest BCUT2D eigenvalue weighted by molar-refractivity contribution is 6.04. The van der Waals surface area contributed by atoms with E-state index in [1.807, 2.05) is 12.1 Å². The molecule has 0 spiro atoms. The van der Waals surface area contributed by atoms with E-state index in [1.165, 1.54) is 4.90 Å². The van der Waals surface area contributed by atoms with Crippen LogP contribution in [0.3, 0.4) is 0 Å². The maximum absolute atomic E-state index is 12.7. The molecule has 0 bridgehead atoms. The number of nitrogens with one attached hydrogen (secondary N) is 3. The van der Waals surface area contributed by atoms with Crippen LogP contribution in [0.4, 0.5) is 4.79 Å². The third kappa shape index (κ3) is 5.97. The molecule has 2 aliphatic rings. The zero-order valence-electron chi connectivity index (χ0n) is 19.1. The maximum Gasteiger partial charge on any atom is 0.325 e. The minimum atomic E-state index is -0.669. The molecule has 170 valence electrons. The molecule has 8 nitrogen and oxygen atoms in total. The average Bonchev–Trinajstić information content (AvgIpc) is 2.92. The molecule has 0 radical (unpaired) electrons. The quantitative estimate of drug-likeness (QED) is 0.577. The van der Waals surface area contributed by atoms with Crippen molar-refractivity contribution in [3.63, 3.8) is 0 Å². The molecular weight excluding hydrogens is 396 g/mol. The predicted octanol–water partition coefficient (Wildman–Crippen LogP) is 2.32. The first kappa shape index (κ1) is 23.1. The minimum absolute atomic E-state index is 0.0585. The van der Waals surface area contributed by atoms with Crippen LogP contribution in [-0.2, 0) is 16.1 Å². The summed E-state index contributed by atoms with van der Waals surface area (Å²) in [4.78, 5) is 38.7. The largest absolute Gasteiger partial charge is 0.497 e. The van der Waals surface area contributed by atoms with Crippen LogP contribution in [0.1, 0.15) is 58.9 Å². The van der Waals surface area contributed by atoms with E-state index in [-0.39, 0.29) is 48.3 Å². The lowest BCUT2D eigenvalue weighted by Crippen LogP contribution is -2.62. The Morgan fingerprint density at radius 2 is 1.74 bits per heavy atom. The van der Waals surface area contributed by atoms with Gasteiger partial charge in [0.2, 0.25) is 5.91 Å². The van der Waals surface area contributed by atoms with Gasteiger partial charge in [-0.05, 0) is 64.7 Å². The summed E-state index contributed by atoms with van der Waals surface area (Å²) in [6.45, 7) is 8.74. The van der Waals surface area contributed by atoms with E-state index in [1.54, 1.807) is 19.2 Å². The van der Waals surface area contributed by atoms with Gasteiger partial charge in [-0.15, -0.1) is 0 Å². The van der Waals surface area contributed by atoms with Crippen LogP contribution in [-0.4, -0.2) is 53.0 Å². The van der Waals surface area contributed by atoms with Gasteiger partial charge in [0.05, 0.1) is 13.7 Å². The van der Waals surface area contributed by atoms with Gasteiger partial charge in [0.1, 0.15) is 11.8 Å². The fraction of sp³-hybridized carbons (Fsp3) is 0.609. The van der Waals surface area contributed by atoms with Crippen LogP contribution in [0.2, 0.25) is 0 Å². The molecule has 0 unspecified atom stereocenters. The van der Waals surface area contributed by atoms with Crippen molar-refractivity contribution < 1.29 is 19.1 Å². The minimum Gasteiger partial charge on any atom is -0.497 e. The summed E-state index contributed by atoms with van der Waals surface area (Å²) in [7, 11) is 1.58. The van der Waals surface area contributed by atoms with Gasteiger partial charge in [-0.3, -0.25) is 14.5 Å². The summed E-state index contributed by atoms with van der Waals surface area (Å²) < 4.78 is 5.13. The second-order valence-electron chi connectivity index (χ2n) is 9.88. The fourth-order valence-corrected chi connectivity index (χ4v) is 4.84. The number of urea groups is 1. The van der Waals surface area contributed by atoms with Crippen molar-refractivity contribution in [2.24, 2.45) is 0 Å². The molecule has 3 rings (SSSR count). The number of rotatable bonds is 7.